The van der Waals surface area contributed by atoms with Crippen LogP contribution in [0.25, 0.3) is 11.1 Å². The number of ether oxygens (including phenoxy) is 1. The van der Waals surface area contributed by atoms with Gasteiger partial charge in [-0.25, -0.2) is 0 Å². The third kappa shape index (κ3) is 4.59. The molecule has 2 heterocycles. The van der Waals surface area contributed by atoms with E-state index in [0.29, 0.717) is 6.54 Å². The van der Waals surface area contributed by atoms with Crippen LogP contribution in [0.5, 0.6) is 11.5 Å². The molecule has 172 valence electrons. The summed E-state index contributed by atoms with van der Waals surface area (Å²) in [4.78, 5) is 10.8. The molecule has 5 rings (SSSR count). The Morgan fingerprint density at radius 3 is 2.50 bits per heavy atom. The summed E-state index contributed by atoms with van der Waals surface area (Å²) >= 11 is 0. The van der Waals surface area contributed by atoms with Crippen LogP contribution in [-0.4, -0.2) is 18.1 Å². The number of fused-ring (bicyclic) bond motifs is 2. The molecule has 34 heavy (non-hydrogen) atoms. The second-order valence-corrected chi connectivity index (χ2v) is 8.37. The predicted molar refractivity (Wildman–Crippen MR) is 138 cm³/mol. The normalized spacial score (nSPS) is 13.6. The summed E-state index contributed by atoms with van der Waals surface area (Å²) in [6.07, 6.45) is 3.33. The number of phenolic OH excluding ortho intramolecular Hbond substituents is 1. The number of carbonyl (C=O) groups excluding carboxylic acids is 1. The number of benzene rings is 3. The number of nitrogens with zero attached hydrogens (tertiary/aromatic N) is 1. The second-order valence-electron chi connectivity index (χ2n) is 8.37. The lowest BCUT2D eigenvalue weighted by molar-refractivity contribution is -0.106. The van der Waals surface area contributed by atoms with Crippen molar-refractivity contribution in [2.24, 2.45) is 5.73 Å². The Labute approximate surface area is 200 Å². The minimum atomic E-state index is 0.250. The standard InChI is InChI=1S/C28H25NO2.CH3NO/c1-18-4-8-22(9-5-18)19(2)26-17-29(16-21-6-10-24(30)11-7-21)27-14-23-12-13-31-28(23)15-25(27)20(26)3;2-1-3/h4-11,14-15,17,30H,2-3,12-13,16H2,1H3;1H,(H2,2,3). The molecule has 0 aromatic heterocycles. The van der Waals surface area contributed by atoms with Crippen LogP contribution < -0.4 is 15.4 Å². The van der Waals surface area contributed by atoms with Crippen LogP contribution in [-0.2, 0) is 17.8 Å². The number of primary amides is 1. The first-order valence-electron chi connectivity index (χ1n) is 11.1. The number of carbonyl (C=O) groups is 1. The third-order valence-corrected chi connectivity index (χ3v) is 6.07. The number of hydrogen-bond acceptors (Lipinski definition) is 4. The quantitative estimate of drug-likeness (QED) is 0.522. The summed E-state index contributed by atoms with van der Waals surface area (Å²) in [6.45, 7) is 12.3. The van der Waals surface area contributed by atoms with E-state index < -0.39 is 0 Å². The highest BCUT2D eigenvalue weighted by molar-refractivity contribution is 6.02. The van der Waals surface area contributed by atoms with Gasteiger partial charge in [0.1, 0.15) is 11.5 Å². The fourth-order valence-corrected chi connectivity index (χ4v) is 4.24. The smallest absolute Gasteiger partial charge is 0.204 e. The van der Waals surface area contributed by atoms with Gasteiger partial charge in [0.15, 0.2) is 0 Å². The molecule has 0 atom stereocenters. The van der Waals surface area contributed by atoms with E-state index in [4.69, 9.17) is 9.53 Å². The van der Waals surface area contributed by atoms with E-state index in [9.17, 15) is 5.11 Å². The third-order valence-electron chi connectivity index (χ3n) is 6.07. The molecule has 2 aliphatic heterocycles. The summed E-state index contributed by atoms with van der Waals surface area (Å²) < 4.78 is 5.84. The zero-order valence-electron chi connectivity index (χ0n) is 19.3. The maximum absolute atomic E-state index is 9.66. The Bertz CT molecular complexity index is 1270. The van der Waals surface area contributed by atoms with Gasteiger partial charge in [-0.15, -0.1) is 0 Å². The Kier molecular flexibility index (Phi) is 6.55. The number of amides is 1. The van der Waals surface area contributed by atoms with Crippen molar-refractivity contribution in [2.45, 2.75) is 19.9 Å². The van der Waals surface area contributed by atoms with Crippen molar-refractivity contribution in [2.75, 3.05) is 11.5 Å². The molecule has 0 aliphatic carbocycles. The van der Waals surface area contributed by atoms with Gasteiger partial charge in [-0.2, -0.15) is 0 Å². The van der Waals surface area contributed by atoms with E-state index in [1.165, 1.54) is 11.1 Å². The van der Waals surface area contributed by atoms with Crippen LogP contribution in [0.1, 0.15) is 27.8 Å². The average Bonchev–Trinajstić information content (AvgIpc) is 3.29. The number of anilines is 1. The number of nitrogens with two attached hydrogens (primary N) is 1. The summed E-state index contributed by atoms with van der Waals surface area (Å²) in [5.74, 6) is 1.22. The Balaban J connectivity index is 0.000000868. The van der Waals surface area contributed by atoms with Gasteiger partial charge in [0.25, 0.3) is 0 Å². The Morgan fingerprint density at radius 2 is 1.82 bits per heavy atom. The molecule has 5 nitrogen and oxygen atoms in total. The number of phenols is 1. The molecule has 3 aromatic carbocycles. The average molecular weight is 453 g/mol. The van der Waals surface area contributed by atoms with Gasteiger partial charge in [-0.05, 0) is 59.0 Å². The molecule has 2 aliphatic rings. The van der Waals surface area contributed by atoms with E-state index >= 15 is 0 Å². The number of aryl methyl sites for hydroxylation is 1. The lowest BCUT2D eigenvalue weighted by Crippen LogP contribution is -2.22. The van der Waals surface area contributed by atoms with Crippen LogP contribution in [0.2, 0.25) is 0 Å². The molecule has 0 unspecified atom stereocenters. The van der Waals surface area contributed by atoms with Gasteiger partial charge in [0.2, 0.25) is 6.41 Å². The topological polar surface area (TPSA) is 75.8 Å². The van der Waals surface area contributed by atoms with Crippen molar-refractivity contribution in [3.63, 3.8) is 0 Å². The molecule has 0 saturated heterocycles. The molecular formula is C29H28N2O3. The number of hydrogen-bond donors (Lipinski definition) is 2. The van der Waals surface area contributed by atoms with Crippen LogP contribution in [0, 0.1) is 6.92 Å². The minimum absolute atomic E-state index is 0.250. The highest BCUT2D eigenvalue weighted by Crippen LogP contribution is 2.45. The molecule has 3 N–H and O–H groups in total. The number of aromatic hydroxyl groups is 1. The highest BCUT2D eigenvalue weighted by atomic mass is 16.5. The van der Waals surface area contributed by atoms with Gasteiger partial charge in [0, 0.05) is 36.0 Å². The molecule has 3 aromatic rings. The molecule has 1 amide bonds. The predicted octanol–water partition coefficient (Wildman–Crippen LogP) is 5.37. The van der Waals surface area contributed by atoms with Crippen molar-refractivity contribution in [1.29, 1.82) is 0 Å². The number of rotatable bonds is 4. The number of allylic oxidation sites excluding steroid dienone is 3. The van der Waals surface area contributed by atoms with Crippen molar-refractivity contribution >= 4 is 23.2 Å². The molecule has 0 saturated carbocycles. The first-order chi connectivity index (χ1) is 16.4. The van der Waals surface area contributed by atoms with Gasteiger partial charge in [-0.1, -0.05) is 55.1 Å². The van der Waals surface area contributed by atoms with E-state index in [-0.39, 0.29) is 12.2 Å². The molecule has 5 heteroatoms. The van der Waals surface area contributed by atoms with Gasteiger partial charge in [-0.3, -0.25) is 4.79 Å². The monoisotopic (exact) mass is 452 g/mol. The largest absolute Gasteiger partial charge is 0.508 e. The fourth-order valence-electron chi connectivity index (χ4n) is 4.24. The first-order valence-corrected chi connectivity index (χ1v) is 11.1. The summed E-state index contributed by atoms with van der Waals surface area (Å²) in [6, 6.07) is 20.1. The van der Waals surface area contributed by atoms with Gasteiger partial charge in [0.05, 0.1) is 6.61 Å². The van der Waals surface area contributed by atoms with Crippen molar-refractivity contribution in [3.8, 4) is 11.5 Å². The van der Waals surface area contributed by atoms with Gasteiger partial charge >= 0.3 is 0 Å². The van der Waals surface area contributed by atoms with Crippen LogP contribution in [0.15, 0.2) is 85.6 Å². The van der Waals surface area contributed by atoms with Crippen molar-refractivity contribution < 1.29 is 14.6 Å². The summed E-state index contributed by atoms with van der Waals surface area (Å²) in [7, 11) is 0. The molecular weight excluding hydrogens is 424 g/mol. The lowest BCUT2D eigenvalue weighted by atomic mass is 9.86. The van der Waals surface area contributed by atoms with Crippen molar-refractivity contribution in [1.82, 2.24) is 0 Å². The lowest BCUT2D eigenvalue weighted by Gasteiger charge is -2.32. The zero-order chi connectivity index (χ0) is 24.2. The fraction of sp³-hybridized carbons (Fsp3) is 0.138. The van der Waals surface area contributed by atoms with E-state index in [2.05, 4.69) is 73.3 Å². The molecule has 0 bridgehead atoms. The van der Waals surface area contributed by atoms with Crippen LogP contribution >= 0.6 is 0 Å². The first kappa shape index (κ1) is 22.9. The van der Waals surface area contributed by atoms with Crippen molar-refractivity contribution in [3.05, 3.63) is 113 Å². The van der Waals surface area contributed by atoms with E-state index in [0.717, 1.165) is 57.9 Å². The Morgan fingerprint density at radius 1 is 1.15 bits per heavy atom. The molecule has 0 fully saturated rings. The minimum Gasteiger partial charge on any atom is -0.508 e. The zero-order valence-corrected chi connectivity index (χ0v) is 19.3. The maximum atomic E-state index is 9.66. The van der Waals surface area contributed by atoms with Crippen LogP contribution in [0.3, 0.4) is 0 Å². The van der Waals surface area contributed by atoms with Crippen LogP contribution in [0.4, 0.5) is 5.69 Å². The SMILES string of the molecule is C=C(C1=CN(Cc2ccc(O)cc2)c2cc3c(cc2C1=C)OCC3)c1ccc(C)cc1.NC=O. The highest BCUT2D eigenvalue weighted by Gasteiger charge is 2.26. The summed E-state index contributed by atoms with van der Waals surface area (Å²) in [5.41, 5.74) is 14.0. The second kappa shape index (κ2) is 9.71. The van der Waals surface area contributed by atoms with E-state index in [1.54, 1.807) is 12.1 Å². The maximum Gasteiger partial charge on any atom is 0.204 e. The van der Waals surface area contributed by atoms with Gasteiger partial charge < -0.3 is 20.5 Å². The Hall–Kier alpha value is -4.25. The van der Waals surface area contributed by atoms with E-state index in [1.807, 2.05) is 12.1 Å². The summed E-state index contributed by atoms with van der Waals surface area (Å²) in [5, 5.41) is 9.66. The molecule has 0 radical (unpaired) electrons. The molecule has 0 spiro atoms.